The predicted octanol–water partition coefficient (Wildman–Crippen LogP) is 12.5. The van der Waals surface area contributed by atoms with Crippen molar-refractivity contribution in [3.05, 3.63) is 12.2 Å². The monoisotopic (exact) mass is 511 g/mol. The molecule has 0 aromatic heterocycles. The third kappa shape index (κ3) is 50.5. The zero-order valence-electron chi connectivity index (χ0n) is 28.9. The molecule has 0 aliphatic rings. The topological polar surface area (TPSA) is 9.23 Å². The lowest BCUT2D eigenvalue weighted by molar-refractivity contribution is 0.0556. The van der Waals surface area contributed by atoms with Crippen molar-refractivity contribution < 1.29 is 4.74 Å². The number of rotatable bonds is 8. The number of hydrogen-bond donors (Lipinski definition) is 0. The van der Waals surface area contributed by atoms with Crippen molar-refractivity contribution in [1.82, 2.24) is 0 Å². The Bertz CT molecular complexity index is 442. The van der Waals surface area contributed by atoms with Crippen molar-refractivity contribution in [1.29, 1.82) is 0 Å². The lowest BCUT2D eigenvalue weighted by Gasteiger charge is -2.21. The van der Waals surface area contributed by atoms with Gasteiger partial charge in [0.2, 0.25) is 0 Å². The highest BCUT2D eigenvalue weighted by molar-refractivity contribution is 4.88. The molecule has 0 fully saturated rings. The van der Waals surface area contributed by atoms with Crippen LogP contribution in [0.1, 0.15) is 170 Å². The summed E-state index contributed by atoms with van der Waals surface area (Å²) in [6.07, 6.45) is 13.6. The molecule has 0 unspecified atom stereocenters. The first-order valence-corrected chi connectivity index (χ1v) is 14.8. The van der Waals surface area contributed by atoms with Crippen LogP contribution in [0.15, 0.2) is 12.2 Å². The first-order chi connectivity index (χ1) is 15.6. The van der Waals surface area contributed by atoms with E-state index in [0.29, 0.717) is 32.5 Å². The van der Waals surface area contributed by atoms with Crippen LogP contribution in [-0.2, 0) is 4.74 Å². The molecule has 36 heavy (non-hydrogen) atoms. The summed E-state index contributed by atoms with van der Waals surface area (Å²) >= 11 is 0. The first kappa shape index (κ1) is 40.2. The van der Waals surface area contributed by atoms with E-state index in [0.717, 1.165) is 19.6 Å². The molecule has 1 heteroatoms. The highest BCUT2D eigenvalue weighted by Crippen LogP contribution is 2.27. The third-order valence-electron chi connectivity index (χ3n) is 5.26. The molecule has 220 valence electrons. The summed E-state index contributed by atoms with van der Waals surface area (Å²) in [5.74, 6) is 0. The SMILES string of the molecule is CC(C)(C)C/C=C\CC(C)(C)C.CC(C)(C)CCCCC(C)(C)C.CC(C)(C)CCOCC(C)(C)C. The zero-order valence-corrected chi connectivity index (χ0v) is 28.9. The minimum Gasteiger partial charge on any atom is -0.381 e. The fraction of sp³-hybridized carbons (Fsp3) is 0.943. The Morgan fingerprint density at radius 2 is 0.694 bits per heavy atom. The van der Waals surface area contributed by atoms with Crippen molar-refractivity contribution in [2.24, 2.45) is 32.5 Å². The number of hydrogen-bond acceptors (Lipinski definition) is 1. The Labute approximate surface area is 232 Å². The lowest BCUT2D eigenvalue weighted by atomic mass is 9.85. The first-order valence-electron chi connectivity index (χ1n) is 14.8. The molecule has 0 aliphatic heterocycles. The molecule has 0 rings (SSSR count). The van der Waals surface area contributed by atoms with E-state index in [2.05, 4.69) is 137 Å². The van der Waals surface area contributed by atoms with Crippen LogP contribution in [0.2, 0.25) is 0 Å². The van der Waals surface area contributed by atoms with Crippen LogP contribution in [0.4, 0.5) is 0 Å². The Hall–Kier alpha value is -0.300. The maximum atomic E-state index is 5.57. The molecular weight excluding hydrogens is 436 g/mol. The van der Waals surface area contributed by atoms with Crippen LogP contribution in [0.5, 0.6) is 0 Å². The summed E-state index contributed by atoms with van der Waals surface area (Å²) in [5, 5.41) is 0. The van der Waals surface area contributed by atoms with Gasteiger partial charge in [-0.1, -0.05) is 150 Å². The van der Waals surface area contributed by atoms with Gasteiger partial charge in [0, 0.05) is 6.61 Å². The Morgan fingerprint density at radius 3 is 0.917 bits per heavy atom. The molecule has 0 aromatic carbocycles. The molecule has 0 spiro atoms. The number of ether oxygens (including phenoxy) is 1. The summed E-state index contributed by atoms with van der Waals surface area (Å²) in [7, 11) is 0. The van der Waals surface area contributed by atoms with Gasteiger partial charge < -0.3 is 4.74 Å². The van der Waals surface area contributed by atoms with Crippen LogP contribution >= 0.6 is 0 Å². The fourth-order valence-corrected chi connectivity index (χ4v) is 2.94. The summed E-state index contributed by atoms with van der Waals surface area (Å²) in [5.41, 5.74) is 2.63. The van der Waals surface area contributed by atoms with Gasteiger partial charge in [-0.05, 0) is 64.6 Å². The largest absolute Gasteiger partial charge is 0.381 e. The highest BCUT2D eigenvalue weighted by atomic mass is 16.5. The van der Waals surface area contributed by atoms with E-state index >= 15 is 0 Å². The normalized spacial score (nSPS) is 13.7. The lowest BCUT2D eigenvalue weighted by Crippen LogP contribution is -2.17. The molecule has 0 atom stereocenters. The molecule has 0 N–H and O–H groups in total. The molecule has 0 heterocycles. The molecule has 0 aromatic rings. The van der Waals surface area contributed by atoms with Crippen LogP contribution in [0.25, 0.3) is 0 Å². The minimum atomic E-state index is 0.303. The van der Waals surface area contributed by atoms with E-state index in [1.165, 1.54) is 38.5 Å². The Morgan fingerprint density at radius 1 is 0.389 bits per heavy atom. The van der Waals surface area contributed by atoms with Gasteiger partial charge in [0.1, 0.15) is 0 Å². The van der Waals surface area contributed by atoms with Gasteiger partial charge in [-0.3, -0.25) is 0 Å². The molecule has 0 radical (unpaired) electrons. The zero-order chi connectivity index (χ0) is 29.5. The van der Waals surface area contributed by atoms with Gasteiger partial charge >= 0.3 is 0 Å². The molecule has 0 saturated heterocycles. The second-order valence-corrected chi connectivity index (χ2v) is 18.3. The van der Waals surface area contributed by atoms with E-state index in [-0.39, 0.29) is 0 Å². The fourth-order valence-electron chi connectivity index (χ4n) is 2.94. The van der Waals surface area contributed by atoms with Gasteiger partial charge in [0.15, 0.2) is 0 Å². The quantitative estimate of drug-likeness (QED) is 0.233. The van der Waals surface area contributed by atoms with E-state index in [1.54, 1.807) is 0 Å². The maximum absolute atomic E-state index is 5.57. The summed E-state index contributed by atoms with van der Waals surface area (Å²) in [6.45, 7) is 42.7. The van der Waals surface area contributed by atoms with Crippen LogP contribution < -0.4 is 0 Å². The van der Waals surface area contributed by atoms with Crippen molar-refractivity contribution in [3.63, 3.8) is 0 Å². The standard InChI is InChI=1S/C12H26.C12H24.C11H24O/c2*1-11(2,3)9-7-8-10-12(4,5)6;1-10(2,3)7-8-12-9-11(4,5)6/h7-10H2,1-6H3;7-8H,9-10H2,1-6H3;7-9H2,1-6H3/b;8-7-;. The second-order valence-electron chi connectivity index (χ2n) is 18.3. The average molecular weight is 511 g/mol. The highest BCUT2D eigenvalue weighted by Gasteiger charge is 2.14. The Kier molecular flexibility index (Phi) is 19.3. The molecule has 0 bridgehead atoms. The van der Waals surface area contributed by atoms with Gasteiger partial charge in [-0.15, -0.1) is 0 Å². The molecule has 0 aliphatic carbocycles. The van der Waals surface area contributed by atoms with E-state index < -0.39 is 0 Å². The van der Waals surface area contributed by atoms with Crippen LogP contribution in [0.3, 0.4) is 0 Å². The summed E-state index contributed by atoms with van der Waals surface area (Å²) in [6, 6.07) is 0. The number of allylic oxidation sites excluding steroid dienone is 2. The van der Waals surface area contributed by atoms with Crippen LogP contribution in [0, 0.1) is 32.5 Å². The van der Waals surface area contributed by atoms with Crippen molar-refractivity contribution in [2.45, 2.75) is 170 Å². The van der Waals surface area contributed by atoms with E-state index in [9.17, 15) is 0 Å². The summed E-state index contributed by atoms with van der Waals surface area (Å²) < 4.78 is 5.57. The number of unbranched alkanes of at least 4 members (excludes halogenated alkanes) is 1. The summed E-state index contributed by atoms with van der Waals surface area (Å²) in [4.78, 5) is 0. The van der Waals surface area contributed by atoms with Crippen molar-refractivity contribution in [3.8, 4) is 0 Å². The maximum Gasteiger partial charge on any atom is 0.0514 e. The third-order valence-corrected chi connectivity index (χ3v) is 5.26. The minimum absolute atomic E-state index is 0.303. The van der Waals surface area contributed by atoms with Crippen LogP contribution in [-0.4, -0.2) is 13.2 Å². The molecule has 1 nitrogen and oxygen atoms in total. The van der Waals surface area contributed by atoms with E-state index in [1.807, 2.05) is 0 Å². The predicted molar refractivity (Wildman–Crippen MR) is 169 cm³/mol. The van der Waals surface area contributed by atoms with Crippen molar-refractivity contribution >= 4 is 0 Å². The molecular formula is C35H74O. The molecule has 0 amide bonds. The van der Waals surface area contributed by atoms with Gasteiger partial charge in [0.05, 0.1) is 6.61 Å². The van der Waals surface area contributed by atoms with E-state index in [4.69, 9.17) is 4.74 Å². The van der Waals surface area contributed by atoms with Gasteiger partial charge in [-0.2, -0.15) is 0 Å². The van der Waals surface area contributed by atoms with Gasteiger partial charge in [0.25, 0.3) is 0 Å². The Balaban J connectivity index is -0.000000454. The second kappa shape index (κ2) is 17.3. The van der Waals surface area contributed by atoms with Gasteiger partial charge in [-0.25, -0.2) is 0 Å². The smallest absolute Gasteiger partial charge is 0.0514 e. The average Bonchev–Trinajstić information content (AvgIpc) is 2.56. The van der Waals surface area contributed by atoms with Crippen molar-refractivity contribution in [2.75, 3.05) is 13.2 Å². The molecule has 0 saturated carbocycles.